The first kappa shape index (κ1) is 11.2. The van der Waals surface area contributed by atoms with Crippen LogP contribution in [0.2, 0.25) is 0 Å². The van der Waals surface area contributed by atoms with Gasteiger partial charge < -0.3 is 9.72 Å². The molecule has 1 atom stereocenters. The SMILES string of the molecule is c1ccc2c(-c3csc([C@H]4CCCO4)n3)c[nH]c2c1. The third kappa shape index (κ3) is 1.88. The Hall–Kier alpha value is -1.65. The van der Waals surface area contributed by atoms with Crippen LogP contribution in [0.15, 0.2) is 35.8 Å². The van der Waals surface area contributed by atoms with E-state index in [9.17, 15) is 0 Å². The largest absolute Gasteiger partial charge is 0.371 e. The van der Waals surface area contributed by atoms with E-state index in [4.69, 9.17) is 9.72 Å². The van der Waals surface area contributed by atoms with Crippen molar-refractivity contribution >= 4 is 22.2 Å². The molecular formula is C15H14N2OS. The van der Waals surface area contributed by atoms with E-state index in [1.54, 1.807) is 11.3 Å². The average molecular weight is 270 g/mol. The van der Waals surface area contributed by atoms with Gasteiger partial charge in [0.05, 0.1) is 5.69 Å². The number of para-hydroxylation sites is 1. The summed E-state index contributed by atoms with van der Waals surface area (Å²) in [5.74, 6) is 0. The van der Waals surface area contributed by atoms with Crippen molar-refractivity contribution in [2.45, 2.75) is 18.9 Å². The molecule has 1 fully saturated rings. The molecule has 0 saturated carbocycles. The molecule has 1 saturated heterocycles. The van der Waals surface area contributed by atoms with Gasteiger partial charge in [-0.2, -0.15) is 0 Å². The van der Waals surface area contributed by atoms with E-state index in [0.29, 0.717) is 0 Å². The molecule has 0 unspecified atom stereocenters. The van der Waals surface area contributed by atoms with Gasteiger partial charge in [0.25, 0.3) is 0 Å². The summed E-state index contributed by atoms with van der Waals surface area (Å²) in [6.45, 7) is 0.868. The fourth-order valence-corrected chi connectivity index (χ4v) is 3.52. The van der Waals surface area contributed by atoms with Gasteiger partial charge in [0, 0.05) is 34.7 Å². The first-order valence-corrected chi connectivity index (χ1v) is 7.43. The van der Waals surface area contributed by atoms with E-state index >= 15 is 0 Å². The summed E-state index contributed by atoms with van der Waals surface area (Å²) in [4.78, 5) is 8.06. The van der Waals surface area contributed by atoms with Crippen LogP contribution in [0.4, 0.5) is 0 Å². The Morgan fingerprint density at radius 1 is 1.32 bits per heavy atom. The summed E-state index contributed by atoms with van der Waals surface area (Å²) < 4.78 is 5.70. The Bertz CT molecular complexity index is 710. The number of aromatic nitrogens is 2. The Kier molecular flexibility index (Phi) is 2.64. The number of thiazole rings is 1. The van der Waals surface area contributed by atoms with Crippen LogP contribution in [0.5, 0.6) is 0 Å². The van der Waals surface area contributed by atoms with Crippen molar-refractivity contribution in [2.75, 3.05) is 6.61 Å². The van der Waals surface area contributed by atoms with Crippen LogP contribution >= 0.6 is 11.3 Å². The van der Waals surface area contributed by atoms with E-state index in [1.807, 2.05) is 12.3 Å². The zero-order chi connectivity index (χ0) is 12.7. The Balaban J connectivity index is 1.76. The summed E-state index contributed by atoms with van der Waals surface area (Å²) in [7, 11) is 0. The van der Waals surface area contributed by atoms with Crippen LogP contribution in [0.1, 0.15) is 24.0 Å². The van der Waals surface area contributed by atoms with Gasteiger partial charge in [0.1, 0.15) is 11.1 Å². The van der Waals surface area contributed by atoms with E-state index in [0.717, 1.165) is 35.7 Å². The maximum absolute atomic E-state index is 5.70. The Morgan fingerprint density at radius 2 is 2.26 bits per heavy atom. The molecule has 1 aromatic carbocycles. The lowest BCUT2D eigenvalue weighted by molar-refractivity contribution is 0.112. The summed E-state index contributed by atoms with van der Waals surface area (Å²) in [6, 6.07) is 8.33. The van der Waals surface area contributed by atoms with Crippen LogP contribution in [-0.2, 0) is 4.74 Å². The molecule has 0 amide bonds. The third-order valence-electron chi connectivity index (χ3n) is 3.59. The second kappa shape index (κ2) is 4.47. The monoisotopic (exact) mass is 270 g/mol. The summed E-state index contributed by atoms with van der Waals surface area (Å²) in [5, 5.41) is 4.47. The van der Waals surface area contributed by atoms with Crippen molar-refractivity contribution < 1.29 is 4.74 Å². The van der Waals surface area contributed by atoms with Crippen LogP contribution < -0.4 is 0 Å². The van der Waals surface area contributed by atoms with Crippen LogP contribution in [0.25, 0.3) is 22.2 Å². The second-order valence-electron chi connectivity index (χ2n) is 4.82. The zero-order valence-electron chi connectivity index (χ0n) is 10.4. The van der Waals surface area contributed by atoms with Gasteiger partial charge in [-0.3, -0.25) is 0 Å². The van der Waals surface area contributed by atoms with E-state index < -0.39 is 0 Å². The summed E-state index contributed by atoms with van der Waals surface area (Å²) >= 11 is 1.70. The molecule has 1 aliphatic rings. The maximum atomic E-state index is 5.70. The maximum Gasteiger partial charge on any atom is 0.122 e. The topological polar surface area (TPSA) is 37.9 Å². The molecule has 0 spiro atoms. The number of aromatic amines is 1. The third-order valence-corrected chi connectivity index (χ3v) is 4.53. The van der Waals surface area contributed by atoms with Crippen molar-refractivity contribution in [3.05, 3.63) is 40.8 Å². The average Bonchev–Trinajstić information content (AvgIpc) is 3.18. The summed E-state index contributed by atoms with van der Waals surface area (Å²) in [6.07, 6.45) is 4.50. The number of ether oxygens (including phenoxy) is 1. The molecule has 3 aromatic rings. The fraction of sp³-hybridized carbons (Fsp3) is 0.267. The minimum Gasteiger partial charge on any atom is -0.371 e. The molecule has 1 aliphatic heterocycles. The number of fused-ring (bicyclic) bond motifs is 1. The molecule has 0 aliphatic carbocycles. The summed E-state index contributed by atoms with van der Waals surface area (Å²) in [5.41, 5.74) is 3.38. The molecule has 0 radical (unpaired) electrons. The number of nitrogens with zero attached hydrogens (tertiary/aromatic N) is 1. The zero-order valence-corrected chi connectivity index (χ0v) is 11.2. The fourth-order valence-electron chi connectivity index (χ4n) is 2.62. The predicted molar refractivity (Wildman–Crippen MR) is 77.3 cm³/mol. The van der Waals surface area contributed by atoms with Crippen LogP contribution in [-0.4, -0.2) is 16.6 Å². The number of hydrogen-bond acceptors (Lipinski definition) is 3. The first-order chi connectivity index (χ1) is 9.42. The van der Waals surface area contributed by atoms with Crippen LogP contribution in [0, 0.1) is 0 Å². The number of rotatable bonds is 2. The molecule has 3 heterocycles. The van der Waals surface area contributed by atoms with Gasteiger partial charge in [-0.25, -0.2) is 4.98 Å². The normalized spacial score (nSPS) is 19.3. The second-order valence-corrected chi connectivity index (χ2v) is 5.71. The van der Waals surface area contributed by atoms with E-state index in [-0.39, 0.29) is 6.10 Å². The highest BCUT2D eigenvalue weighted by atomic mass is 32.1. The lowest BCUT2D eigenvalue weighted by Crippen LogP contribution is -1.94. The van der Waals surface area contributed by atoms with Crippen molar-refractivity contribution in [1.82, 2.24) is 9.97 Å². The predicted octanol–water partition coefficient (Wildman–Crippen LogP) is 4.14. The lowest BCUT2D eigenvalue weighted by atomic mass is 10.1. The van der Waals surface area contributed by atoms with E-state index in [2.05, 4.69) is 28.6 Å². The highest BCUT2D eigenvalue weighted by molar-refractivity contribution is 7.10. The van der Waals surface area contributed by atoms with Crippen molar-refractivity contribution in [1.29, 1.82) is 0 Å². The minimum absolute atomic E-state index is 0.212. The van der Waals surface area contributed by atoms with Gasteiger partial charge in [0.2, 0.25) is 0 Å². The molecule has 2 aromatic heterocycles. The van der Waals surface area contributed by atoms with Crippen molar-refractivity contribution in [3.63, 3.8) is 0 Å². The quantitative estimate of drug-likeness (QED) is 0.760. The van der Waals surface area contributed by atoms with Crippen molar-refractivity contribution in [3.8, 4) is 11.3 Å². The Labute approximate surface area is 115 Å². The Morgan fingerprint density at radius 3 is 3.16 bits per heavy atom. The van der Waals surface area contributed by atoms with Gasteiger partial charge in [-0.1, -0.05) is 18.2 Å². The van der Waals surface area contributed by atoms with Gasteiger partial charge in [0.15, 0.2) is 0 Å². The van der Waals surface area contributed by atoms with Gasteiger partial charge in [-0.15, -0.1) is 11.3 Å². The van der Waals surface area contributed by atoms with Gasteiger partial charge >= 0.3 is 0 Å². The molecule has 0 bridgehead atoms. The molecule has 4 rings (SSSR count). The number of nitrogens with one attached hydrogen (secondary N) is 1. The number of H-pyrrole nitrogens is 1. The molecule has 1 N–H and O–H groups in total. The minimum atomic E-state index is 0.212. The van der Waals surface area contributed by atoms with Crippen molar-refractivity contribution in [2.24, 2.45) is 0 Å². The molecule has 96 valence electrons. The lowest BCUT2D eigenvalue weighted by Gasteiger charge is -2.03. The standard InChI is InChI=1S/C15H14N2OS/c1-2-5-12-10(4-1)11(8-16-12)13-9-19-15(17-13)14-6-3-7-18-14/h1-2,4-5,8-9,14,16H,3,6-7H2/t14-/m1/s1. The van der Waals surface area contributed by atoms with Gasteiger partial charge in [-0.05, 0) is 18.9 Å². The first-order valence-electron chi connectivity index (χ1n) is 6.55. The highest BCUT2D eigenvalue weighted by Gasteiger charge is 2.21. The number of benzene rings is 1. The van der Waals surface area contributed by atoms with Crippen LogP contribution in [0.3, 0.4) is 0 Å². The smallest absolute Gasteiger partial charge is 0.122 e. The molecule has 19 heavy (non-hydrogen) atoms. The highest BCUT2D eigenvalue weighted by Crippen LogP contribution is 2.35. The molecule has 3 nitrogen and oxygen atoms in total. The molecule has 4 heteroatoms. The number of hydrogen-bond donors (Lipinski definition) is 1. The molecular weight excluding hydrogens is 256 g/mol. The van der Waals surface area contributed by atoms with E-state index in [1.165, 1.54) is 10.9 Å².